The number of amides is 1. The van der Waals surface area contributed by atoms with Crippen LogP contribution in [0.1, 0.15) is 94.1 Å². The number of aliphatic hydroxyl groups is 1. The average molecular weight is 694 g/mol. The molecule has 1 heterocycles. The maximum atomic E-state index is 13.4. The van der Waals surface area contributed by atoms with Crippen molar-refractivity contribution in [1.82, 2.24) is 15.3 Å². The van der Waals surface area contributed by atoms with Crippen molar-refractivity contribution < 1.29 is 29.3 Å². The zero-order valence-electron chi connectivity index (χ0n) is 30.2. The molecule has 51 heavy (non-hydrogen) atoms. The van der Waals surface area contributed by atoms with Crippen LogP contribution in [0.5, 0.6) is 5.75 Å². The van der Waals surface area contributed by atoms with E-state index in [9.17, 15) is 24.6 Å². The number of benzene rings is 3. The van der Waals surface area contributed by atoms with Crippen molar-refractivity contribution in [3.8, 4) is 28.3 Å². The lowest BCUT2D eigenvalue weighted by Gasteiger charge is -2.21. The molecule has 0 radical (unpaired) electrons. The van der Waals surface area contributed by atoms with Crippen molar-refractivity contribution in [2.75, 3.05) is 13.2 Å². The van der Waals surface area contributed by atoms with Crippen LogP contribution in [-0.2, 0) is 21.4 Å². The van der Waals surface area contributed by atoms with Crippen molar-refractivity contribution in [3.63, 3.8) is 0 Å². The summed E-state index contributed by atoms with van der Waals surface area (Å²) >= 11 is 0. The molecule has 2 atom stereocenters. The van der Waals surface area contributed by atoms with Gasteiger partial charge in [-0.15, -0.1) is 0 Å². The van der Waals surface area contributed by atoms with Gasteiger partial charge in [0, 0.05) is 41.4 Å². The van der Waals surface area contributed by atoms with Gasteiger partial charge in [-0.25, -0.2) is 9.97 Å². The summed E-state index contributed by atoms with van der Waals surface area (Å²) in [6, 6.07) is 21.9. The van der Waals surface area contributed by atoms with Crippen LogP contribution in [-0.4, -0.2) is 57.1 Å². The summed E-state index contributed by atoms with van der Waals surface area (Å²) in [5.41, 5.74) is 5.01. The highest BCUT2D eigenvalue weighted by molar-refractivity contribution is 5.98. The Hall–Kier alpha value is -4.89. The summed E-state index contributed by atoms with van der Waals surface area (Å²) in [5, 5.41) is 21.5. The summed E-state index contributed by atoms with van der Waals surface area (Å²) in [5.74, 6) is -1.21. The Morgan fingerprint density at radius 2 is 1.41 bits per heavy atom. The summed E-state index contributed by atoms with van der Waals surface area (Å²) in [7, 11) is 0. The molecule has 9 nitrogen and oxygen atoms in total. The first-order chi connectivity index (χ1) is 24.5. The van der Waals surface area contributed by atoms with E-state index in [4.69, 9.17) is 4.74 Å². The van der Waals surface area contributed by atoms with Gasteiger partial charge >= 0.3 is 5.97 Å². The Labute approximate surface area is 301 Å². The van der Waals surface area contributed by atoms with E-state index in [1.165, 1.54) is 25.7 Å². The number of nitrogens with zero attached hydrogens (tertiary/aromatic N) is 2. The minimum Gasteiger partial charge on any atom is -0.494 e. The summed E-state index contributed by atoms with van der Waals surface area (Å²) in [6.07, 6.45) is 9.29. The lowest BCUT2D eigenvalue weighted by molar-refractivity contribution is -0.138. The van der Waals surface area contributed by atoms with E-state index in [0.717, 1.165) is 46.6 Å². The van der Waals surface area contributed by atoms with Gasteiger partial charge in [0.25, 0.3) is 0 Å². The van der Waals surface area contributed by atoms with Crippen molar-refractivity contribution in [2.45, 2.75) is 90.5 Å². The lowest BCUT2D eigenvalue weighted by atomic mass is 9.85. The largest absolute Gasteiger partial charge is 0.494 e. The first kappa shape index (κ1) is 38.9. The van der Waals surface area contributed by atoms with Crippen LogP contribution in [0.25, 0.3) is 22.5 Å². The number of Topliss-reactive ketones (excluding diaryl/α,β-unsaturated/α-hetero) is 1. The molecule has 0 bridgehead atoms. The highest BCUT2D eigenvalue weighted by atomic mass is 16.5. The van der Waals surface area contributed by atoms with Crippen molar-refractivity contribution >= 4 is 17.7 Å². The van der Waals surface area contributed by atoms with Gasteiger partial charge in [0.15, 0.2) is 11.6 Å². The van der Waals surface area contributed by atoms with E-state index < -0.39 is 36.9 Å². The van der Waals surface area contributed by atoms with E-state index in [0.29, 0.717) is 11.4 Å². The van der Waals surface area contributed by atoms with Crippen LogP contribution in [0.2, 0.25) is 0 Å². The molecule has 0 spiro atoms. The molecule has 270 valence electrons. The number of carboxylic acids is 1. The van der Waals surface area contributed by atoms with E-state index in [1.54, 1.807) is 24.5 Å². The number of aromatic nitrogens is 2. The third-order valence-corrected chi connectivity index (χ3v) is 8.91. The van der Waals surface area contributed by atoms with Crippen molar-refractivity contribution in [3.05, 3.63) is 102 Å². The fourth-order valence-electron chi connectivity index (χ4n) is 5.79. The number of ether oxygens (including phenoxy) is 1. The Morgan fingerprint density at radius 3 is 2.00 bits per heavy atom. The number of aliphatic carboxylic acids is 1. The quantitative estimate of drug-likeness (QED) is 0.0667. The zero-order chi connectivity index (χ0) is 36.8. The molecule has 1 aromatic heterocycles. The third-order valence-electron chi connectivity index (χ3n) is 8.91. The minimum absolute atomic E-state index is 0.0681. The smallest absolute Gasteiger partial charge is 0.305 e. The SMILES string of the molecule is CCCCCCCOc1ccc(-c2cnc(-c3ccc(C[C@H](CC(=O)c4ccc(C(C)(C)C)cc4)C(=O)NC(CO)CC(=O)O)cc3)nc2)cc1. The highest BCUT2D eigenvalue weighted by Crippen LogP contribution is 2.26. The van der Waals surface area contributed by atoms with Gasteiger partial charge in [0.1, 0.15) is 5.75 Å². The van der Waals surface area contributed by atoms with Gasteiger partial charge in [-0.05, 0) is 47.1 Å². The molecule has 0 saturated carbocycles. The molecule has 9 heteroatoms. The second-order valence-corrected chi connectivity index (χ2v) is 14.1. The molecule has 0 fully saturated rings. The molecule has 0 aliphatic rings. The third kappa shape index (κ3) is 12.1. The number of aliphatic hydroxyl groups excluding tert-OH is 1. The fraction of sp³-hybridized carbons (Fsp3) is 0.405. The molecule has 4 rings (SSSR count). The molecule has 3 N–H and O–H groups in total. The first-order valence-corrected chi connectivity index (χ1v) is 17.9. The van der Waals surface area contributed by atoms with Gasteiger partial charge in [0.05, 0.1) is 25.7 Å². The van der Waals surface area contributed by atoms with Gasteiger partial charge < -0.3 is 20.3 Å². The van der Waals surface area contributed by atoms with Crippen LogP contribution in [0, 0.1) is 5.92 Å². The summed E-state index contributed by atoms with van der Waals surface area (Å²) in [4.78, 5) is 47.2. The number of carboxylic acid groups (broad SMARTS) is 1. The number of rotatable bonds is 19. The molecule has 4 aromatic rings. The predicted octanol–water partition coefficient (Wildman–Crippen LogP) is 7.84. The maximum absolute atomic E-state index is 13.4. The van der Waals surface area contributed by atoms with Crippen LogP contribution < -0.4 is 10.1 Å². The van der Waals surface area contributed by atoms with Crippen LogP contribution in [0.4, 0.5) is 0 Å². The molecular formula is C42H51N3O6. The van der Waals surface area contributed by atoms with E-state index >= 15 is 0 Å². The number of hydrogen-bond acceptors (Lipinski definition) is 7. The van der Waals surface area contributed by atoms with Gasteiger partial charge in [-0.3, -0.25) is 14.4 Å². The summed E-state index contributed by atoms with van der Waals surface area (Å²) in [6.45, 7) is 8.69. The molecule has 0 saturated heterocycles. The molecule has 1 unspecified atom stereocenters. The number of ketones is 1. The molecule has 0 aliphatic carbocycles. The monoisotopic (exact) mass is 693 g/mol. The standard InChI is InChI=1S/C42H51N3O6/c1-5-6-7-8-9-22-51-37-20-16-30(17-21-37)34-26-43-40(44-27-34)32-12-10-29(11-13-32)23-33(41(50)45-36(28-46)25-39(48)49)24-38(47)31-14-18-35(19-15-31)42(2,3)4/h10-21,26-27,33,36,46H,5-9,22-25,28H2,1-4H3,(H,45,50)(H,48,49)/t33-,36?/m1/s1. The normalized spacial score (nSPS) is 12.6. The van der Waals surface area contributed by atoms with Crippen molar-refractivity contribution in [1.29, 1.82) is 0 Å². The molecule has 1 amide bonds. The average Bonchev–Trinajstić information content (AvgIpc) is 3.12. The number of hydrogen-bond donors (Lipinski definition) is 3. The predicted molar refractivity (Wildman–Crippen MR) is 200 cm³/mol. The fourth-order valence-corrected chi connectivity index (χ4v) is 5.79. The second kappa shape index (κ2) is 18.9. The highest BCUT2D eigenvalue weighted by Gasteiger charge is 2.26. The van der Waals surface area contributed by atoms with Crippen LogP contribution >= 0.6 is 0 Å². The first-order valence-electron chi connectivity index (χ1n) is 17.9. The molecule has 3 aromatic carbocycles. The van der Waals surface area contributed by atoms with Crippen molar-refractivity contribution in [2.24, 2.45) is 5.92 Å². The van der Waals surface area contributed by atoms with E-state index in [-0.39, 0.29) is 24.0 Å². The second-order valence-electron chi connectivity index (χ2n) is 14.1. The Kier molecular flexibility index (Phi) is 14.4. The Balaban J connectivity index is 1.42. The molecular weight excluding hydrogens is 642 g/mol. The minimum atomic E-state index is -1.14. The number of nitrogens with one attached hydrogen (secondary N) is 1. The van der Waals surface area contributed by atoms with E-state index in [1.807, 2.05) is 60.7 Å². The number of unbranched alkanes of at least 4 members (excludes halogenated alkanes) is 4. The lowest BCUT2D eigenvalue weighted by Crippen LogP contribution is -2.43. The van der Waals surface area contributed by atoms with Crippen LogP contribution in [0.15, 0.2) is 85.2 Å². The van der Waals surface area contributed by atoms with Gasteiger partial charge in [-0.2, -0.15) is 0 Å². The van der Waals surface area contributed by atoms with Gasteiger partial charge in [-0.1, -0.05) is 114 Å². The van der Waals surface area contributed by atoms with Crippen LogP contribution in [0.3, 0.4) is 0 Å². The summed E-state index contributed by atoms with van der Waals surface area (Å²) < 4.78 is 5.89. The number of carbonyl (C=O) groups is 3. The zero-order valence-corrected chi connectivity index (χ0v) is 30.2. The maximum Gasteiger partial charge on any atom is 0.305 e. The Bertz CT molecular complexity index is 1700. The van der Waals surface area contributed by atoms with E-state index in [2.05, 4.69) is 43.0 Å². The topological polar surface area (TPSA) is 139 Å². The molecule has 0 aliphatic heterocycles. The number of carbonyl (C=O) groups excluding carboxylic acids is 2. The van der Waals surface area contributed by atoms with Gasteiger partial charge in [0.2, 0.25) is 5.91 Å². The Morgan fingerprint density at radius 1 is 0.784 bits per heavy atom.